The first kappa shape index (κ1) is 11.8. The van der Waals surface area contributed by atoms with Crippen molar-refractivity contribution in [1.82, 2.24) is 14.9 Å². The fourth-order valence-electron chi connectivity index (χ4n) is 1.87. The molecule has 0 bridgehead atoms. The van der Waals surface area contributed by atoms with Crippen molar-refractivity contribution in [2.24, 2.45) is 0 Å². The van der Waals surface area contributed by atoms with Gasteiger partial charge in [0.25, 0.3) is 5.91 Å². The smallest absolute Gasteiger partial charge is 0.256 e. The van der Waals surface area contributed by atoms with Crippen LogP contribution < -0.4 is 5.32 Å². The molecule has 1 aliphatic rings. The van der Waals surface area contributed by atoms with Crippen LogP contribution in [0.4, 0.5) is 5.95 Å². The van der Waals surface area contributed by atoms with Crippen LogP contribution in [0.15, 0.2) is 12.4 Å². The van der Waals surface area contributed by atoms with Crippen LogP contribution in [-0.4, -0.2) is 40.4 Å². The van der Waals surface area contributed by atoms with E-state index in [0.29, 0.717) is 11.5 Å². The third-order valence-electron chi connectivity index (χ3n) is 2.83. The third-order valence-corrected chi connectivity index (χ3v) is 2.83. The molecule has 1 saturated heterocycles. The van der Waals surface area contributed by atoms with E-state index in [1.807, 2.05) is 4.90 Å². The lowest BCUT2D eigenvalue weighted by Crippen LogP contribution is -2.27. The van der Waals surface area contributed by atoms with Crippen molar-refractivity contribution >= 4 is 11.9 Å². The average molecular weight is 234 g/mol. The van der Waals surface area contributed by atoms with Crippen LogP contribution in [0.25, 0.3) is 0 Å². The Hall–Kier alpha value is -1.65. The molecule has 1 aromatic heterocycles. The number of likely N-dealkylation sites (tertiary alicyclic amines) is 1. The molecular weight excluding hydrogens is 216 g/mol. The summed E-state index contributed by atoms with van der Waals surface area (Å²) in [5.74, 6) is 0.634. The lowest BCUT2D eigenvalue weighted by atomic mass is 10.3. The monoisotopic (exact) mass is 234 g/mol. The molecule has 1 aromatic rings. The highest BCUT2D eigenvalue weighted by Gasteiger charge is 2.19. The molecule has 0 aliphatic carbocycles. The Bertz CT molecular complexity index is 371. The summed E-state index contributed by atoms with van der Waals surface area (Å²) in [6.45, 7) is 4.64. The van der Waals surface area contributed by atoms with E-state index in [1.54, 1.807) is 12.4 Å². The standard InChI is InChI=1S/C12H18N4O/c1-2-5-13-12-14-8-10(9-15-12)11(17)16-6-3-4-7-16/h8-9H,2-7H2,1H3,(H,13,14,15). The van der Waals surface area contributed by atoms with E-state index in [0.717, 1.165) is 38.9 Å². The minimum atomic E-state index is 0.0459. The molecule has 5 nitrogen and oxygen atoms in total. The highest BCUT2D eigenvalue weighted by molar-refractivity contribution is 5.93. The molecule has 5 heteroatoms. The van der Waals surface area contributed by atoms with Gasteiger partial charge in [-0.05, 0) is 19.3 Å². The second-order valence-corrected chi connectivity index (χ2v) is 4.22. The van der Waals surface area contributed by atoms with Gasteiger partial charge < -0.3 is 10.2 Å². The number of nitrogens with one attached hydrogen (secondary N) is 1. The Balaban J connectivity index is 1.99. The number of anilines is 1. The lowest BCUT2D eigenvalue weighted by Gasteiger charge is -2.14. The van der Waals surface area contributed by atoms with Gasteiger partial charge in [0.05, 0.1) is 5.56 Å². The topological polar surface area (TPSA) is 58.1 Å². The number of amides is 1. The minimum absolute atomic E-state index is 0.0459. The molecule has 0 saturated carbocycles. The Morgan fingerprint density at radius 2 is 2.00 bits per heavy atom. The molecule has 1 N–H and O–H groups in total. The number of aromatic nitrogens is 2. The molecule has 0 spiro atoms. The van der Waals surface area contributed by atoms with Gasteiger partial charge in [0, 0.05) is 32.0 Å². The van der Waals surface area contributed by atoms with E-state index in [4.69, 9.17) is 0 Å². The Morgan fingerprint density at radius 3 is 2.59 bits per heavy atom. The predicted molar refractivity (Wildman–Crippen MR) is 66.0 cm³/mol. The van der Waals surface area contributed by atoms with E-state index >= 15 is 0 Å². The molecule has 1 fully saturated rings. The Morgan fingerprint density at radius 1 is 1.35 bits per heavy atom. The van der Waals surface area contributed by atoms with Gasteiger partial charge in [-0.15, -0.1) is 0 Å². The van der Waals surface area contributed by atoms with Gasteiger partial charge >= 0.3 is 0 Å². The molecule has 2 heterocycles. The summed E-state index contributed by atoms with van der Waals surface area (Å²) in [6, 6.07) is 0. The van der Waals surface area contributed by atoms with Crippen LogP contribution in [0.2, 0.25) is 0 Å². The zero-order valence-corrected chi connectivity index (χ0v) is 10.1. The summed E-state index contributed by atoms with van der Waals surface area (Å²) in [5, 5.41) is 3.08. The summed E-state index contributed by atoms with van der Waals surface area (Å²) >= 11 is 0. The molecule has 17 heavy (non-hydrogen) atoms. The zero-order valence-electron chi connectivity index (χ0n) is 10.1. The van der Waals surface area contributed by atoms with Crippen molar-refractivity contribution in [2.75, 3.05) is 25.0 Å². The molecule has 0 radical (unpaired) electrons. The van der Waals surface area contributed by atoms with E-state index in [-0.39, 0.29) is 5.91 Å². The van der Waals surface area contributed by atoms with Crippen LogP contribution >= 0.6 is 0 Å². The summed E-state index contributed by atoms with van der Waals surface area (Å²) < 4.78 is 0. The van der Waals surface area contributed by atoms with Crippen LogP contribution in [0.5, 0.6) is 0 Å². The van der Waals surface area contributed by atoms with Crippen LogP contribution in [0.1, 0.15) is 36.5 Å². The molecule has 92 valence electrons. The molecule has 1 aliphatic heterocycles. The van der Waals surface area contributed by atoms with Crippen molar-refractivity contribution < 1.29 is 4.79 Å². The first-order valence-corrected chi connectivity index (χ1v) is 6.16. The Labute approximate surface area is 101 Å². The third kappa shape index (κ3) is 2.93. The van der Waals surface area contributed by atoms with Crippen molar-refractivity contribution in [3.63, 3.8) is 0 Å². The van der Waals surface area contributed by atoms with Gasteiger partial charge in [0.1, 0.15) is 0 Å². The van der Waals surface area contributed by atoms with Gasteiger partial charge in [-0.3, -0.25) is 4.79 Å². The molecule has 0 aromatic carbocycles. The maximum absolute atomic E-state index is 12.0. The van der Waals surface area contributed by atoms with Crippen LogP contribution in [-0.2, 0) is 0 Å². The zero-order chi connectivity index (χ0) is 12.1. The minimum Gasteiger partial charge on any atom is -0.354 e. The fraction of sp³-hybridized carbons (Fsp3) is 0.583. The lowest BCUT2D eigenvalue weighted by molar-refractivity contribution is 0.0792. The first-order chi connectivity index (χ1) is 8.31. The van der Waals surface area contributed by atoms with Gasteiger partial charge in [-0.1, -0.05) is 6.92 Å². The number of rotatable bonds is 4. The second kappa shape index (κ2) is 5.61. The number of hydrogen-bond acceptors (Lipinski definition) is 4. The maximum Gasteiger partial charge on any atom is 0.256 e. The number of hydrogen-bond donors (Lipinski definition) is 1. The normalized spacial score (nSPS) is 15.0. The summed E-state index contributed by atoms with van der Waals surface area (Å²) in [5.41, 5.74) is 0.578. The molecule has 1 amide bonds. The van der Waals surface area contributed by atoms with Gasteiger partial charge in [0.2, 0.25) is 5.95 Å². The summed E-state index contributed by atoms with van der Waals surface area (Å²) in [6.07, 6.45) is 6.43. The summed E-state index contributed by atoms with van der Waals surface area (Å²) in [4.78, 5) is 22.1. The SMILES string of the molecule is CCCNc1ncc(C(=O)N2CCCC2)cn1. The Kier molecular flexibility index (Phi) is 3.90. The quantitative estimate of drug-likeness (QED) is 0.858. The molecule has 0 unspecified atom stereocenters. The van der Waals surface area contributed by atoms with E-state index in [1.165, 1.54) is 0 Å². The highest BCUT2D eigenvalue weighted by Crippen LogP contribution is 2.12. The van der Waals surface area contributed by atoms with Gasteiger partial charge in [-0.2, -0.15) is 0 Å². The van der Waals surface area contributed by atoms with Gasteiger partial charge in [-0.25, -0.2) is 9.97 Å². The average Bonchev–Trinajstić information content (AvgIpc) is 2.90. The van der Waals surface area contributed by atoms with Crippen molar-refractivity contribution in [1.29, 1.82) is 0 Å². The number of carbonyl (C=O) groups is 1. The van der Waals surface area contributed by atoms with Crippen LogP contribution in [0.3, 0.4) is 0 Å². The summed E-state index contributed by atoms with van der Waals surface area (Å²) in [7, 11) is 0. The van der Waals surface area contributed by atoms with Crippen molar-refractivity contribution in [2.45, 2.75) is 26.2 Å². The largest absolute Gasteiger partial charge is 0.354 e. The molecule has 2 rings (SSSR count). The molecular formula is C12H18N4O. The predicted octanol–water partition coefficient (Wildman–Crippen LogP) is 1.53. The van der Waals surface area contributed by atoms with Gasteiger partial charge in [0.15, 0.2) is 0 Å². The van der Waals surface area contributed by atoms with Crippen molar-refractivity contribution in [3.05, 3.63) is 18.0 Å². The van der Waals surface area contributed by atoms with Crippen molar-refractivity contribution in [3.8, 4) is 0 Å². The number of carbonyl (C=O) groups excluding carboxylic acids is 1. The van der Waals surface area contributed by atoms with Crippen LogP contribution in [0, 0.1) is 0 Å². The first-order valence-electron chi connectivity index (χ1n) is 6.16. The highest BCUT2D eigenvalue weighted by atomic mass is 16.2. The maximum atomic E-state index is 12.0. The van der Waals surface area contributed by atoms with E-state index in [9.17, 15) is 4.79 Å². The van der Waals surface area contributed by atoms with E-state index < -0.39 is 0 Å². The second-order valence-electron chi connectivity index (χ2n) is 4.22. The fourth-order valence-corrected chi connectivity index (χ4v) is 1.87. The number of nitrogens with zero attached hydrogens (tertiary/aromatic N) is 3. The molecule has 0 atom stereocenters. The van der Waals surface area contributed by atoms with E-state index in [2.05, 4.69) is 22.2 Å².